The van der Waals surface area contributed by atoms with Gasteiger partial charge < -0.3 is 9.64 Å². The molecule has 0 N–H and O–H groups in total. The summed E-state index contributed by atoms with van der Waals surface area (Å²) in [5, 5.41) is 0. The monoisotopic (exact) mass is 303 g/mol. The van der Waals surface area contributed by atoms with Crippen molar-refractivity contribution in [2.75, 3.05) is 20.7 Å². The smallest absolute Gasteiger partial charge is 0.306 e. The molecule has 1 rings (SSSR count). The lowest BCUT2D eigenvalue weighted by Gasteiger charge is -2.16. The van der Waals surface area contributed by atoms with Crippen LogP contribution in [0.2, 0.25) is 0 Å². The summed E-state index contributed by atoms with van der Waals surface area (Å²) in [6, 6.07) is 4.57. The number of rotatable bonds is 5. The number of nitrogens with zero attached hydrogens (tertiary/aromatic N) is 1. The molecule has 0 atom stereocenters. The maximum absolute atomic E-state index is 13.1. The quantitative estimate of drug-likeness (QED) is 0.783. The van der Waals surface area contributed by atoms with Crippen LogP contribution in [0, 0.1) is 5.82 Å². The highest BCUT2D eigenvalue weighted by molar-refractivity contribution is 9.10. The zero-order valence-corrected chi connectivity index (χ0v) is 11.5. The summed E-state index contributed by atoms with van der Waals surface area (Å²) in [5.74, 6) is -0.500. The normalized spacial score (nSPS) is 10.6. The Morgan fingerprint density at radius 3 is 2.88 bits per heavy atom. The molecule has 0 fully saturated rings. The predicted molar refractivity (Wildman–Crippen MR) is 67.1 cm³/mol. The summed E-state index contributed by atoms with van der Waals surface area (Å²) >= 11 is 3.37. The van der Waals surface area contributed by atoms with Gasteiger partial charge in [-0.2, -0.15) is 0 Å². The molecule has 3 nitrogen and oxygen atoms in total. The molecule has 1 aromatic carbocycles. The standard InChI is InChI=1S/C12H15BrFNO2/c1-15(6-5-12(16)17-2)8-9-7-10(14)3-4-11(9)13/h3-4,7H,5-6,8H2,1-2H3. The summed E-state index contributed by atoms with van der Waals surface area (Å²) < 4.78 is 18.5. The van der Waals surface area contributed by atoms with Gasteiger partial charge in [0.2, 0.25) is 0 Å². The van der Waals surface area contributed by atoms with Gasteiger partial charge in [0.1, 0.15) is 5.82 Å². The topological polar surface area (TPSA) is 29.5 Å². The Bertz CT molecular complexity index is 398. The van der Waals surface area contributed by atoms with Gasteiger partial charge >= 0.3 is 5.97 Å². The van der Waals surface area contributed by atoms with Crippen molar-refractivity contribution in [1.29, 1.82) is 0 Å². The van der Waals surface area contributed by atoms with E-state index in [2.05, 4.69) is 20.7 Å². The number of carbonyl (C=O) groups is 1. The molecule has 17 heavy (non-hydrogen) atoms. The summed E-state index contributed by atoms with van der Waals surface area (Å²) in [7, 11) is 3.24. The lowest BCUT2D eigenvalue weighted by Crippen LogP contribution is -2.22. The van der Waals surface area contributed by atoms with E-state index in [4.69, 9.17) is 0 Å². The second kappa shape index (κ2) is 6.71. The highest BCUT2D eigenvalue weighted by Crippen LogP contribution is 2.19. The fraction of sp³-hybridized carbons (Fsp3) is 0.417. The minimum absolute atomic E-state index is 0.241. The Morgan fingerprint density at radius 2 is 2.24 bits per heavy atom. The van der Waals surface area contributed by atoms with E-state index < -0.39 is 0 Å². The Balaban J connectivity index is 2.52. The number of carbonyl (C=O) groups excluding carboxylic acids is 1. The zero-order valence-electron chi connectivity index (χ0n) is 9.87. The van der Waals surface area contributed by atoms with E-state index in [0.717, 1.165) is 10.0 Å². The van der Waals surface area contributed by atoms with Crippen LogP contribution >= 0.6 is 15.9 Å². The number of hydrogen-bond acceptors (Lipinski definition) is 3. The first-order chi connectivity index (χ1) is 8.02. The van der Waals surface area contributed by atoms with E-state index >= 15 is 0 Å². The molecule has 0 aliphatic rings. The number of halogens is 2. The zero-order chi connectivity index (χ0) is 12.8. The third-order valence-corrected chi connectivity index (χ3v) is 3.15. The number of hydrogen-bond donors (Lipinski definition) is 0. The van der Waals surface area contributed by atoms with Crippen LogP contribution in [0.5, 0.6) is 0 Å². The van der Waals surface area contributed by atoms with Crippen molar-refractivity contribution in [3.05, 3.63) is 34.1 Å². The summed E-state index contributed by atoms with van der Waals surface area (Å²) in [5.41, 5.74) is 0.859. The van der Waals surface area contributed by atoms with Crippen molar-refractivity contribution in [2.24, 2.45) is 0 Å². The van der Waals surface area contributed by atoms with Gasteiger partial charge in [0, 0.05) is 17.6 Å². The number of methoxy groups -OCH3 is 1. The average Bonchev–Trinajstić information content (AvgIpc) is 2.30. The van der Waals surface area contributed by atoms with E-state index in [1.165, 1.54) is 19.2 Å². The first-order valence-corrected chi connectivity index (χ1v) is 6.01. The molecule has 1 aromatic rings. The van der Waals surface area contributed by atoms with Crippen molar-refractivity contribution < 1.29 is 13.9 Å². The molecule has 0 aliphatic heterocycles. The van der Waals surface area contributed by atoms with Gasteiger partial charge in [-0.3, -0.25) is 4.79 Å². The van der Waals surface area contributed by atoms with Crippen LogP contribution in [0.3, 0.4) is 0 Å². The van der Waals surface area contributed by atoms with Crippen molar-refractivity contribution in [3.8, 4) is 0 Å². The van der Waals surface area contributed by atoms with Crippen LogP contribution in [0.4, 0.5) is 4.39 Å². The SMILES string of the molecule is COC(=O)CCN(C)Cc1cc(F)ccc1Br. The first kappa shape index (κ1) is 14.1. The number of ether oxygens (including phenoxy) is 1. The molecule has 0 amide bonds. The third kappa shape index (κ3) is 4.83. The average molecular weight is 304 g/mol. The van der Waals surface area contributed by atoms with Gasteiger partial charge in [-0.15, -0.1) is 0 Å². The van der Waals surface area contributed by atoms with Gasteiger partial charge in [-0.05, 0) is 30.8 Å². The van der Waals surface area contributed by atoms with Crippen LogP contribution < -0.4 is 0 Å². The maximum atomic E-state index is 13.1. The van der Waals surface area contributed by atoms with Crippen molar-refractivity contribution >= 4 is 21.9 Å². The molecule has 0 saturated heterocycles. The first-order valence-electron chi connectivity index (χ1n) is 5.22. The van der Waals surface area contributed by atoms with Crippen molar-refractivity contribution in [1.82, 2.24) is 4.90 Å². The van der Waals surface area contributed by atoms with E-state index in [1.54, 1.807) is 6.07 Å². The molecule has 0 aliphatic carbocycles. The highest BCUT2D eigenvalue weighted by atomic mass is 79.9. The molecule has 0 radical (unpaired) electrons. The second-order valence-corrected chi connectivity index (χ2v) is 4.65. The summed E-state index contributed by atoms with van der Waals surface area (Å²) in [6.45, 7) is 1.16. The molecule has 94 valence electrons. The van der Waals surface area contributed by atoms with Gasteiger partial charge in [0.15, 0.2) is 0 Å². The highest BCUT2D eigenvalue weighted by Gasteiger charge is 2.08. The fourth-order valence-electron chi connectivity index (χ4n) is 1.42. The summed E-state index contributed by atoms with van der Waals surface area (Å²) in [4.78, 5) is 12.9. The molecular formula is C12H15BrFNO2. The van der Waals surface area contributed by atoms with Crippen LogP contribution in [-0.2, 0) is 16.1 Å². The fourth-order valence-corrected chi connectivity index (χ4v) is 1.79. The molecule has 0 spiro atoms. The van der Waals surface area contributed by atoms with Gasteiger partial charge in [0.25, 0.3) is 0 Å². The van der Waals surface area contributed by atoms with Gasteiger partial charge in [-0.1, -0.05) is 15.9 Å². The Kier molecular flexibility index (Phi) is 5.58. The Labute approximate surface area is 109 Å². The lowest BCUT2D eigenvalue weighted by molar-refractivity contribution is -0.140. The van der Waals surface area contributed by atoms with E-state index in [9.17, 15) is 9.18 Å². The van der Waals surface area contributed by atoms with Crippen molar-refractivity contribution in [3.63, 3.8) is 0 Å². The van der Waals surface area contributed by atoms with Crippen LogP contribution in [0.15, 0.2) is 22.7 Å². The number of benzene rings is 1. The largest absolute Gasteiger partial charge is 0.469 e. The van der Waals surface area contributed by atoms with Crippen molar-refractivity contribution in [2.45, 2.75) is 13.0 Å². The minimum Gasteiger partial charge on any atom is -0.469 e. The molecule has 0 saturated carbocycles. The van der Waals surface area contributed by atoms with Gasteiger partial charge in [-0.25, -0.2) is 4.39 Å². The Morgan fingerprint density at radius 1 is 1.53 bits per heavy atom. The number of esters is 1. The van der Waals surface area contributed by atoms with Crippen LogP contribution in [-0.4, -0.2) is 31.6 Å². The van der Waals surface area contributed by atoms with E-state index in [1.807, 2.05) is 11.9 Å². The molecule has 5 heteroatoms. The predicted octanol–water partition coefficient (Wildman–Crippen LogP) is 2.58. The van der Waals surface area contributed by atoms with Crippen LogP contribution in [0.25, 0.3) is 0 Å². The molecular weight excluding hydrogens is 289 g/mol. The molecule has 0 unspecified atom stereocenters. The third-order valence-electron chi connectivity index (χ3n) is 2.37. The minimum atomic E-state index is -0.260. The molecule has 0 bridgehead atoms. The maximum Gasteiger partial charge on any atom is 0.306 e. The van der Waals surface area contributed by atoms with E-state index in [-0.39, 0.29) is 11.8 Å². The lowest BCUT2D eigenvalue weighted by atomic mass is 10.2. The van der Waals surface area contributed by atoms with E-state index in [0.29, 0.717) is 19.5 Å². The second-order valence-electron chi connectivity index (χ2n) is 3.80. The van der Waals surface area contributed by atoms with Gasteiger partial charge in [0.05, 0.1) is 13.5 Å². The Hall–Kier alpha value is -0.940. The summed E-state index contributed by atoms with van der Waals surface area (Å²) in [6.07, 6.45) is 0.333. The molecule has 0 aromatic heterocycles. The van der Waals surface area contributed by atoms with Crippen LogP contribution in [0.1, 0.15) is 12.0 Å². The molecule has 0 heterocycles.